The highest BCUT2D eigenvalue weighted by Gasteiger charge is 2.27. The zero-order chi connectivity index (χ0) is 13.5. The number of ether oxygens (including phenoxy) is 2. The van der Waals surface area contributed by atoms with Crippen LogP contribution in [0.3, 0.4) is 0 Å². The van der Waals surface area contributed by atoms with Gasteiger partial charge in [-0.2, -0.15) is 4.98 Å². The Kier molecular flexibility index (Phi) is 5.77. The van der Waals surface area contributed by atoms with Crippen molar-refractivity contribution in [1.29, 1.82) is 0 Å². The highest BCUT2D eigenvalue weighted by Crippen LogP contribution is 2.23. The summed E-state index contributed by atoms with van der Waals surface area (Å²) in [6, 6.07) is 0. The van der Waals surface area contributed by atoms with E-state index in [2.05, 4.69) is 10.1 Å². The molecule has 0 radical (unpaired) electrons. The Morgan fingerprint density at radius 2 is 2.06 bits per heavy atom. The van der Waals surface area contributed by atoms with E-state index < -0.39 is 5.92 Å². The summed E-state index contributed by atoms with van der Waals surface area (Å²) in [6.45, 7) is 5.94. The van der Waals surface area contributed by atoms with Gasteiger partial charge in [0.2, 0.25) is 11.7 Å². The first-order chi connectivity index (χ1) is 8.67. The molecule has 2 unspecified atom stereocenters. The minimum atomic E-state index is -0.499. The second-order valence-electron chi connectivity index (χ2n) is 3.84. The van der Waals surface area contributed by atoms with Gasteiger partial charge in [0, 0.05) is 7.11 Å². The lowest BCUT2D eigenvalue weighted by molar-refractivity contribution is -0.145. The van der Waals surface area contributed by atoms with Crippen molar-refractivity contribution in [3.8, 4) is 0 Å². The molecular formula is C12H20N2O4. The first kappa shape index (κ1) is 14.6. The minimum absolute atomic E-state index is 0.206. The van der Waals surface area contributed by atoms with Crippen LogP contribution in [0, 0.1) is 0 Å². The largest absolute Gasteiger partial charge is 0.465 e. The number of aromatic nitrogens is 2. The topological polar surface area (TPSA) is 74.5 Å². The molecule has 0 aromatic carbocycles. The lowest BCUT2D eigenvalue weighted by Gasteiger charge is -2.09. The van der Waals surface area contributed by atoms with Crippen molar-refractivity contribution in [3.63, 3.8) is 0 Å². The molecule has 1 rings (SSSR count). The molecule has 1 heterocycles. The summed E-state index contributed by atoms with van der Waals surface area (Å²) < 4.78 is 15.3. The lowest BCUT2D eigenvalue weighted by atomic mass is 10.1. The van der Waals surface area contributed by atoms with Gasteiger partial charge >= 0.3 is 5.97 Å². The normalized spacial score (nSPS) is 14.2. The SMILES string of the molecule is CCOC(=O)C(CC)c1nc(C(CC)OC)no1. The molecule has 102 valence electrons. The van der Waals surface area contributed by atoms with E-state index in [-0.39, 0.29) is 12.1 Å². The first-order valence-corrected chi connectivity index (χ1v) is 6.20. The number of hydrogen-bond acceptors (Lipinski definition) is 6. The summed E-state index contributed by atoms with van der Waals surface area (Å²) in [7, 11) is 1.59. The monoisotopic (exact) mass is 256 g/mol. The Hall–Kier alpha value is -1.43. The van der Waals surface area contributed by atoms with Gasteiger partial charge in [-0.3, -0.25) is 4.79 Å². The van der Waals surface area contributed by atoms with Crippen molar-refractivity contribution in [1.82, 2.24) is 10.1 Å². The minimum Gasteiger partial charge on any atom is -0.465 e. The van der Waals surface area contributed by atoms with Crippen LogP contribution in [-0.2, 0) is 14.3 Å². The summed E-state index contributed by atoms with van der Waals surface area (Å²) in [5, 5.41) is 3.85. The van der Waals surface area contributed by atoms with E-state index in [9.17, 15) is 4.79 Å². The van der Waals surface area contributed by atoms with Gasteiger partial charge < -0.3 is 14.0 Å². The number of carbonyl (C=O) groups excluding carboxylic acids is 1. The fraction of sp³-hybridized carbons (Fsp3) is 0.750. The molecule has 0 saturated heterocycles. The predicted octanol–water partition coefficient (Wildman–Crippen LogP) is 2.22. The molecule has 2 atom stereocenters. The molecule has 6 nitrogen and oxygen atoms in total. The Morgan fingerprint density at radius 1 is 1.33 bits per heavy atom. The predicted molar refractivity (Wildman–Crippen MR) is 64.0 cm³/mol. The number of esters is 1. The maximum atomic E-state index is 11.7. The second-order valence-corrected chi connectivity index (χ2v) is 3.84. The molecule has 0 bridgehead atoms. The van der Waals surface area contributed by atoms with E-state index in [1.807, 2.05) is 13.8 Å². The van der Waals surface area contributed by atoms with Gasteiger partial charge in [0.1, 0.15) is 12.0 Å². The Bertz CT molecular complexity index is 374. The summed E-state index contributed by atoms with van der Waals surface area (Å²) in [6.07, 6.45) is 1.10. The summed E-state index contributed by atoms with van der Waals surface area (Å²) in [5.74, 6) is -0.0690. The van der Waals surface area contributed by atoms with E-state index in [1.54, 1.807) is 14.0 Å². The van der Waals surface area contributed by atoms with Gasteiger partial charge in [0.05, 0.1) is 6.61 Å². The lowest BCUT2D eigenvalue weighted by Crippen LogP contribution is -2.15. The average Bonchev–Trinajstić information content (AvgIpc) is 2.81. The van der Waals surface area contributed by atoms with Crippen LogP contribution in [0.15, 0.2) is 4.52 Å². The summed E-state index contributed by atoms with van der Waals surface area (Å²) >= 11 is 0. The fourth-order valence-corrected chi connectivity index (χ4v) is 1.66. The maximum absolute atomic E-state index is 11.7. The zero-order valence-corrected chi connectivity index (χ0v) is 11.3. The molecule has 18 heavy (non-hydrogen) atoms. The van der Waals surface area contributed by atoms with Crippen LogP contribution in [0.5, 0.6) is 0 Å². The fourth-order valence-electron chi connectivity index (χ4n) is 1.66. The third-order valence-electron chi connectivity index (χ3n) is 2.68. The third kappa shape index (κ3) is 3.29. The van der Waals surface area contributed by atoms with Gasteiger partial charge in [-0.1, -0.05) is 19.0 Å². The van der Waals surface area contributed by atoms with Crippen LogP contribution in [0.25, 0.3) is 0 Å². The quantitative estimate of drug-likeness (QED) is 0.696. The smallest absolute Gasteiger partial charge is 0.318 e. The van der Waals surface area contributed by atoms with Crippen molar-refractivity contribution in [2.75, 3.05) is 13.7 Å². The molecular weight excluding hydrogens is 236 g/mol. The van der Waals surface area contributed by atoms with Crippen molar-refractivity contribution >= 4 is 5.97 Å². The van der Waals surface area contributed by atoms with Gasteiger partial charge in [0.25, 0.3) is 0 Å². The third-order valence-corrected chi connectivity index (χ3v) is 2.68. The molecule has 0 spiro atoms. The molecule has 0 aliphatic heterocycles. The van der Waals surface area contributed by atoms with Crippen molar-refractivity contribution < 1.29 is 18.8 Å². The van der Waals surface area contributed by atoms with Crippen molar-refractivity contribution in [2.24, 2.45) is 0 Å². The highest BCUT2D eigenvalue weighted by molar-refractivity contribution is 5.76. The van der Waals surface area contributed by atoms with Crippen LogP contribution >= 0.6 is 0 Å². The van der Waals surface area contributed by atoms with E-state index in [4.69, 9.17) is 14.0 Å². The number of nitrogens with zero attached hydrogens (tertiary/aromatic N) is 2. The molecule has 0 aliphatic rings. The Balaban J connectivity index is 2.85. The average molecular weight is 256 g/mol. The van der Waals surface area contributed by atoms with E-state index >= 15 is 0 Å². The molecule has 1 aromatic heterocycles. The number of rotatable bonds is 7. The van der Waals surface area contributed by atoms with E-state index in [0.717, 1.165) is 6.42 Å². The van der Waals surface area contributed by atoms with Crippen LogP contribution in [-0.4, -0.2) is 29.8 Å². The van der Waals surface area contributed by atoms with Gasteiger partial charge in [-0.15, -0.1) is 0 Å². The molecule has 0 N–H and O–H groups in total. The van der Waals surface area contributed by atoms with Gasteiger partial charge in [0.15, 0.2) is 0 Å². The first-order valence-electron chi connectivity index (χ1n) is 6.20. The number of methoxy groups -OCH3 is 1. The number of carbonyl (C=O) groups is 1. The van der Waals surface area contributed by atoms with Crippen LogP contribution in [0.4, 0.5) is 0 Å². The summed E-state index contributed by atoms with van der Waals surface area (Å²) in [5.41, 5.74) is 0. The Morgan fingerprint density at radius 3 is 2.56 bits per heavy atom. The van der Waals surface area contributed by atoms with Crippen LogP contribution < -0.4 is 0 Å². The van der Waals surface area contributed by atoms with Gasteiger partial charge in [-0.25, -0.2) is 0 Å². The molecule has 0 amide bonds. The van der Waals surface area contributed by atoms with Crippen molar-refractivity contribution in [3.05, 3.63) is 11.7 Å². The molecule has 0 fully saturated rings. The Labute approximate surface area is 107 Å². The molecule has 6 heteroatoms. The number of hydrogen-bond donors (Lipinski definition) is 0. The van der Waals surface area contributed by atoms with Crippen LogP contribution in [0.2, 0.25) is 0 Å². The van der Waals surface area contributed by atoms with Crippen molar-refractivity contribution in [2.45, 2.75) is 45.6 Å². The second kappa shape index (κ2) is 7.10. The summed E-state index contributed by atoms with van der Waals surface area (Å²) in [4.78, 5) is 15.9. The maximum Gasteiger partial charge on any atom is 0.318 e. The molecule has 1 aromatic rings. The van der Waals surface area contributed by atoms with E-state index in [1.165, 1.54) is 0 Å². The standard InChI is InChI=1S/C12H20N2O4/c1-5-8(12(15)17-7-3)11-13-10(14-18-11)9(6-2)16-4/h8-9H,5-7H2,1-4H3. The molecule has 0 aliphatic carbocycles. The van der Waals surface area contributed by atoms with E-state index in [0.29, 0.717) is 24.7 Å². The van der Waals surface area contributed by atoms with Gasteiger partial charge in [-0.05, 0) is 19.8 Å². The zero-order valence-electron chi connectivity index (χ0n) is 11.3. The molecule has 0 saturated carbocycles. The highest BCUT2D eigenvalue weighted by atomic mass is 16.5. The van der Waals surface area contributed by atoms with Crippen LogP contribution in [0.1, 0.15) is 57.3 Å².